The van der Waals surface area contributed by atoms with Gasteiger partial charge in [0.25, 0.3) is 0 Å². The summed E-state index contributed by atoms with van der Waals surface area (Å²) in [5.41, 5.74) is 0. The van der Waals surface area contributed by atoms with Gasteiger partial charge in [-0.2, -0.15) is 0 Å². The molecular formula is C4H6O3S. The van der Waals surface area contributed by atoms with Crippen LogP contribution >= 0.6 is 0 Å². The van der Waals surface area contributed by atoms with Gasteiger partial charge in [0, 0.05) is 6.26 Å². The largest absolute Gasteiger partial charge is 0.477 e. The van der Waals surface area contributed by atoms with Crippen LogP contribution in [0, 0.1) is 0 Å². The second kappa shape index (κ2) is 2.61. The van der Waals surface area contributed by atoms with E-state index in [1.807, 2.05) is 0 Å². The third kappa shape index (κ3) is 1.88. The smallest absolute Gasteiger partial charge is 0.344 e. The number of carboxylic acid groups (broad SMARTS) is 1. The molecule has 0 bridgehead atoms. The lowest BCUT2D eigenvalue weighted by atomic mass is 10.7. The SMILES string of the molecule is C=C(C(=O)O)S(C)=O. The molecule has 1 unspecified atom stereocenters. The minimum absolute atomic E-state index is 0.259. The van der Waals surface area contributed by atoms with Gasteiger partial charge in [-0.05, 0) is 0 Å². The number of carbonyl (C=O) groups is 1. The van der Waals surface area contributed by atoms with E-state index in [4.69, 9.17) is 5.11 Å². The van der Waals surface area contributed by atoms with Gasteiger partial charge in [-0.3, -0.25) is 4.21 Å². The molecule has 46 valence electrons. The van der Waals surface area contributed by atoms with Crippen LogP contribution in [0.2, 0.25) is 0 Å². The minimum Gasteiger partial charge on any atom is -0.477 e. The maximum Gasteiger partial charge on any atom is 0.344 e. The maximum atomic E-state index is 10.2. The number of carboxylic acids is 1. The summed E-state index contributed by atoms with van der Waals surface area (Å²) in [5.74, 6) is -1.20. The van der Waals surface area contributed by atoms with E-state index in [9.17, 15) is 9.00 Å². The van der Waals surface area contributed by atoms with Crippen molar-refractivity contribution in [3.63, 3.8) is 0 Å². The van der Waals surface area contributed by atoms with Crippen molar-refractivity contribution >= 4 is 16.8 Å². The lowest BCUT2D eigenvalue weighted by molar-refractivity contribution is -0.131. The monoisotopic (exact) mass is 134 g/mol. The van der Waals surface area contributed by atoms with Gasteiger partial charge >= 0.3 is 5.97 Å². The molecule has 0 radical (unpaired) electrons. The quantitative estimate of drug-likeness (QED) is 0.539. The molecule has 3 nitrogen and oxygen atoms in total. The first kappa shape index (κ1) is 7.36. The van der Waals surface area contributed by atoms with E-state index in [0.29, 0.717) is 0 Å². The summed E-state index contributed by atoms with van der Waals surface area (Å²) in [4.78, 5) is 9.59. The van der Waals surface area contributed by atoms with Crippen molar-refractivity contribution in [3.8, 4) is 0 Å². The van der Waals surface area contributed by atoms with Gasteiger partial charge in [0.1, 0.15) is 4.91 Å². The number of hydrogen-bond acceptors (Lipinski definition) is 2. The first-order valence-corrected chi connectivity index (χ1v) is 3.37. The van der Waals surface area contributed by atoms with Gasteiger partial charge in [0.15, 0.2) is 0 Å². The molecule has 0 heterocycles. The first-order valence-electron chi connectivity index (χ1n) is 1.81. The summed E-state index contributed by atoms with van der Waals surface area (Å²) in [6, 6.07) is 0. The summed E-state index contributed by atoms with van der Waals surface area (Å²) in [6.45, 7) is 3.05. The molecular weight excluding hydrogens is 128 g/mol. The molecule has 0 aliphatic rings. The standard InChI is InChI=1S/C4H6O3S/c1-3(4(5)6)8(2)7/h1H2,2H3,(H,5,6). The van der Waals surface area contributed by atoms with Crippen molar-refractivity contribution in [1.82, 2.24) is 0 Å². The molecule has 0 aliphatic carbocycles. The highest BCUT2D eigenvalue weighted by atomic mass is 32.2. The van der Waals surface area contributed by atoms with Crippen molar-refractivity contribution < 1.29 is 14.1 Å². The number of hydrogen-bond donors (Lipinski definition) is 1. The Kier molecular flexibility index (Phi) is 2.41. The van der Waals surface area contributed by atoms with Crippen molar-refractivity contribution in [2.24, 2.45) is 0 Å². The minimum atomic E-state index is -1.43. The molecule has 0 amide bonds. The fraction of sp³-hybridized carbons (Fsp3) is 0.250. The second-order valence-corrected chi connectivity index (χ2v) is 2.58. The van der Waals surface area contributed by atoms with Crippen LogP contribution < -0.4 is 0 Å². The van der Waals surface area contributed by atoms with Crippen LogP contribution in [0.25, 0.3) is 0 Å². The molecule has 0 aromatic carbocycles. The summed E-state index contributed by atoms with van der Waals surface area (Å²) in [6.07, 6.45) is 1.27. The van der Waals surface area contributed by atoms with Gasteiger partial charge in [-0.25, -0.2) is 4.79 Å². The zero-order valence-electron chi connectivity index (χ0n) is 4.38. The predicted molar refractivity (Wildman–Crippen MR) is 30.8 cm³/mol. The van der Waals surface area contributed by atoms with Crippen LogP contribution in [0.3, 0.4) is 0 Å². The Morgan fingerprint density at radius 3 is 2.12 bits per heavy atom. The summed E-state index contributed by atoms with van der Waals surface area (Å²) < 4.78 is 10.2. The lowest BCUT2D eigenvalue weighted by Crippen LogP contribution is -2.03. The molecule has 4 heteroatoms. The lowest BCUT2D eigenvalue weighted by Gasteiger charge is -1.88. The molecule has 0 aliphatic heterocycles. The molecule has 8 heavy (non-hydrogen) atoms. The predicted octanol–water partition coefficient (Wildman–Crippen LogP) is -0.0368. The van der Waals surface area contributed by atoms with Crippen LogP contribution in [0.5, 0.6) is 0 Å². The number of aliphatic carboxylic acids is 1. The number of rotatable bonds is 2. The van der Waals surface area contributed by atoms with Crippen molar-refractivity contribution in [3.05, 3.63) is 11.5 Å². The fourth-order valence-electron chi connectivity index (χ4n) is 0.123. The van der Waals surface area contributed by atoms with Crippen LogP contribution in [-0.2, 0) is 15.6 Å². The van der Waals surface area contributed by atoms with Crippen molar-refractivity contribution in [2.75, 3.05) is 6.26 Å². The van der Waals surface area contributed by atoms with Gasteiger partial charge in [0.2, 0.25) is 0 Å². The Morgan fingerprint density at radius 1 is 1.75 bits per heavy atom. The highest BCUT2D eigenvalue weighted by Gasteiger charge is 2.05. The fourth-order valence-corrected chi connectivity index (χ4v) is 0.369. The second-order valence-electron chi connectivity index (χ2n) is 1.18. The zero-order valence-corrected chi connectivity index (χ0v) is 5.20. The molecule has 0 aromatic rings. The molecule has 0 rings (SSSR count). The van der Waals surface area contributed by atoms with Gasteiger partial charge < -0.3 is 5.11 Å². The van der Waals surface area contributed by atoms with Crippen LogP contribution in [0.1, 0.15) is 0 Å². The average Bonchev–Trinajstić information content (AvgIpc) is 1.64. The Balaban J connectivity index is 4.05. The van der Waals surface area contributed by atoms with E-state index < -0.39 is 16.8 Å². The molecule has 1 atom stereocenters. The van der Waals surface area contributed by atoms with E-state index in [2.05, 4.69) is 6.58 Å². The van der Waals surface area contributed by atoms with Crippen LogP contribution in [0.15, 0.2) is 11.5 Å². The highest BCUT2D eigenvalue weighted by Crippen LogP contribution is 1.92. The zero-order chi connectivity index (χ0) is 6.73. The normalized spacial score (nSPS) is 12.6. The summed E-state index contributed by atoms with van der Waals surface area (Å²) in [7, 11) is -1.43. The van der Waals surface area contributed by atoms with E-state index in [-0.39, 0.29) is 4.91 Å². The molecule has 0 fully saturated rings. The Hall–Kier alpha value is -0.640. The van der Waals surface area contributed by atoms with Crippen LogP contribution in [-0.4, -0.2) is 21.5 Å². The molecule has 0 aromatic heterocycles. The van der Waals surface area contributed by atoms with Gasteiger partial charge in [-0.1, -0.05) is 6.58 Å². The van der Waals surface area contributed by atoms with Crippen molar-refractivity contribution in [1.29, 1.82) is 0 Å². The average molecular weight is 134 g/mol. The highest BCUT2D eigenvalue weighted by molar-refractivity contribution is 7.89. The third-order valence-electron chi connectivity index (χ3n) is 0.586. The molecule has 0 saturated heterocycles. The van der Waals surface area contributed by atoms with E-state index in [1.54, 1.807) is 0 Å². The van der Waals surface area contributed by atoms with E-state index >= 15 is 0 Å². The Bertz CT molecular complexity index is 133. The third-order valence-corrected chi connectivity index (χ3v) is 1.45. The van der Waals surface area contributed by atoms with E-state index in [1.165, 1.54) is 6.26 Å². The van der Waals surface area contributed by atoms with Gasteiger partial charge in [-0.15, -0.1) is 0 Å². The Morgan fingerprint density at radius 2 is 2.12 bits per heavy atom. The van der Waals surface area contributed by atoms with Crippen LogP contribution in [0.4, 0.5) is 0 Å². The summed E-state index contributed by atoms with van der Waals surface area (Å²) >= 11 is 0. The first-order chi connectivity index (χ1) is 3.55. The molecule has 0 spiro atoms. The Labute approximate surface area is 49.5 Å². The summed E-state index contributed by atoms with van der Waals surface area (Å²) in [5, 5.41) is 8.06. The topological polar surface area (TPSA) is 54.4 Å². The molecule has 1 N–H and O–H groups in total. The van der Waals surface area contributed by atoms with E-state index in [0.717, 1.165) is 0 Å². The molecule has 0 saturated carbocycles. The maximum absolute atomic E-state index is 10.2. The van der Waals surface area contributed by atoms with Gasteiger partial charge in [0.05, 0.1) is 10.8 Å². The van der Waals surface area contributed by atoms with Crippen molar-refractivity contribution in [2.45, 2.75) is 0 Å².